The fourth-order valence-corrected chi connectivity index (χ4v) is 4.89. The highest BCUT2D eigenvalue weighted by Gasteiger charge is 2.34. The second-order valence-electron chi connectivity index (χ2n) is 7.65. The fraction of sp³-hybridized carbons (Fsp3) is 0.200. The minimum Gasteiger partial charge on any atom is -0.350 e. The number of rotatable bonds is 7. The van der Waals surface area contributed by atoms with Crippen molar-refractivity contribution in [1.29, 1.82) is 0 Å². The van der Waals surface area contributed by atoms with E-state index in [1.54, 1.807) is 36.0 Å². The average Bonchev–Trinajstić information content (AvgIpc) is 2.80. The summed E-state index contributed by atoms with van der Waals surface area (Å²) in [5, 5.41) is 1.44. The number of hydrazine groups is 1. The van der Waals surface area contributed by atoms with Crippen molar-refractivity contribution in [2.24, 2.45) is 5.73 Å². The molecule has 3 aromatic carbocycles. The van der Waals surface area contributed by atoms with Gasteiger partial charge in [-0.25, -0.2) is 9.80 Å². The van der Waals surface area contributed by atoms with Crippen molar-refractivity contribution in [2.45, 2.75) is 11.3 Å². The van der Waals surface area contributed by atoms with Crippen LogP contribution in [0.2, 0.25) is 0 Å². The van der Waals surface area contributed by atoms with Gasteiger partial charge in [0.1, 0.15) is 0 Å². The maximum atomic E-state index is 12.4. The van der Waals surface area contributed by atoms with Crippen LogP contribution in [0.15, 0.2) is 91.0 Å². The van der Waals surface area contributed by atoms with Crippen LogP contribution < -0.4 is 16.2 Å². The smallest absolute Gasteiger partial charge is 0.338 e. The molecule has 1 fully saturated rings. The SMILES string of the molecule is NC(=O)N(NC(=O)CSC1CN(C(c2ccccc2)c2ccccc2)C1)c1ccccc1. The van der Waals surface area contributed by atoms with Crippen LogP contribution in [0.3, 0.4) is 0 Å². The van der Waals surface area contributed by atoms with Crippen molar-refractivity contribution in [3.05, 3.63) is 102 Å². The molecule has 6 nitrogen and oxygen atoms in total. The Kier molecular flexibility index (Phi) is 7.09. The first-order valence-corrected chi connectivity index (χ1v) is 11.6. The number of carbonyl (C=O) groups excluding carboxylic acids is 2. The highest BCUT2D eigenvalue weighted by Crippen LogP contribution is 2.35. The van der Waals surface area contributed by atoms with Crippen LogP contribution in [0.25, 0.3) is 0 Å². The van der Waals surface area contributed by atoms with Gasteiger partial charge in [-0.05, 0) is 23.3 Å². The molecule has 1 heterocycles. The molecule has 0 saturated carbocycles. The summed E-state index contributed by atoms with van der Waals surface area (Å²) in [6.07, 6.45) is 0. The Bertz CT molecular complexity index is 988. The number of carbonyl (C=O) groups is 2. The van der Waals surface area contributed by atoms with E-state index in [0.717, 1.165) is 18.1 Å². The van der Waals surface area contributed by atoms with Gasteiger partial charge in [0.15, 0.2) is 0 Å². The molecule has 7 heteroatoms. The molecule has 0 spiro atoms. The van der Waals surface area contributed by atoms with Gasteiger partial charge in [0.25, 0.3) is 0 Å². The van der Waals surface area contributed by atoms with E-state index in [1.807, 2.05) is 18.2 Å². The van der Waals surface area contributed by atoms with Crippen LogP contribution in [-0.4, -0.2) is 40.9 Å². The molecular formula is C25H26N4O2S. The first-order valence-electron chi connectivity index (χ1n) is 10.5. The standard InChI is InChI=1S/C25H26N4O2S/c26-25(31)29(21-14-8-3-9-15-21)27-23(30)18-32-22-16-28(17-22)24(19-10-4-1-5-11-19)20-12-6-2-7-13-20/h1-15,22,24H,16-18H2,(H2,26,31)(H,27,30). The zero-order valence-electron chi connectivity index (χ0n) is 17.6. The van der Waals surface area contributed by atoms with Gasteiger partial charge < -0.3 is 5.73 Å². The summed E-state index contributed by atoms with van der Waals surface area (Å²) in [6.45, 7) is 1.79. The molecule has 0 unspecified atom stereocenters. The molecule has 3 N–H and O–H groups in total. The zero-order valence-corrected chi connectivity index (χ0v) is 18.4. The molecule has 0 atom stereocenters. The highest BCUT2D eigenvalue weighted by molar-refractivity contribution is 8.00. The quantitative estimate of drug-likeness (QED) is 0.541. The van der Waals surface area contributed by atoms with Crippen LogP contribution >= 0.6 is 11.8 Å². The number of likely N-dealkylation sites (tertiary alicyclic amines) is 1. The highest BCUT2D eigenvalue weighted by atomic mass is 32.2. The largest absolute Gasteiger partial charge is 0.350 e. The first-order chi connectivity index (χ1) is 15.6. The average molecular weight is 447 g/mol. The number of nitrogens with one attached hydrogen (secondary N) is 1. The van der Waals surface area contributed by atoms with Gasteiger partial charge in [-0.15, -0.1) is 11.8 Å². The number of thioether (sulfide) groups is 1. The summed E-state index contributed by atoms with van der Waals surface area (Å²) in [7, 11) is 0. The first kappa shape index (κ1) is 21.9. The number of hydrogen-bond donors (Lipinski definition) is 2. The lowest BCUT2D eigenvalue weighted by molar-refractivity contribution is -0.118. The van der Waals surface area contributed by atoms with Gasteiger partial charge in [-0.1, -0.05) is 78.9 Å². The molecule has 1 saturated heterocycles. The molecule has 164 valence electrons. The number of urea groups is 1. The Hall–Kier alpha value is -3.29. The molecule has 0 radical (unpaired) electrons. The minimum atomic E-state index is -0.724. The van der Waals surface area contributed by atoms with Crippen molar-refractivity contribution < 1.29 is 9.59 Å². The monoisotopic (exact) mass is 446 g/mol. The number of nitrogens with two attached hydrogens (primary N) is 1. The zero-order chi connectivity index (χ0) is 22.3. The summed E-state index contributed by atoms with van der Waals surface area (Å²) in [6, 6.07) is 29.3. The molecule has 1 aliphatic heterocycles. The number of benzene rings is 3. The van der Waals surface area contributed by atoms with Gasteiger partial charge in [0, 0.05) is 18.3 Å². The minimum absolute atomic E-state index is 0.200. The summed E-state index contributed by atoms with van der Waals surface area (Å²) in [5.74, 6) is 0.00924. The van der Waals surface area contributed by atoms with E-state index in [9.17, 15) is 9.59 Å². The number of nitrogens with zero attached hydrogens (tertiary/aromatic N) is 2. The van der Waals surface area contributed by atoms with Crippen LogP contribution in [-0.2, 0) is 4.79 Å². The fourth-order valence-electron chi connectivity index (χ4n) is 3.85. The molecule has 0 aromatic heterocycles. The Morgan fingerprint density at radius 2 is 1.41 bits per heavy atom. The maximum Gasteiger partial charge on any atom is 0.338 e. The normalized spacial score (nSPS) is 14.0. The second kappa shape index (κ2) is 10.3. The summed E-state index contributed by atoms with van der Waals surface area (Å²) < 4.78 is 0. The van der Waals surface area contributed by atoms with Crippen LogP contribution in [0.1, 0.15) is 17.2 Å². The third-order valence-corrected chi connectivity index (χ3v) is 6.59. The van der Waals surface area contributed by atoms with E-state index >= 15 is 0 Å². The molecule has 32 heavy (non-hydrogen) atoms. The van der Waals surface area contributed by atoms with E-state index < -0.39 is 6.03 Å². The molecular weight excluding hydrogens is 420 g/mol. The Labute approximate surface area is 192 Å². The van der Waals surface area contributed by atoms with Gasteiger partial charge >= 0.3 is 6.03 Å². The number of hydrogen-bond acceptors (Lipinski definition) is 4. The van der Waals surface area contributed by atoms with Crippen LogP contribution in [0.5, 0.6) is 0 Å². The lowest BCUT2D eigenvalue weighted by Gasteiger charge is -2.44. The molecule has 4 rings (SSSR count). The van der Waals surface area contributed by atoms with E-state index in [0.29, 0.717) is 10.9 Å². The second-order valence-corrected chi connectivity index (χ2v) is 8.94. The molecule has 3 aromatic rings. The third-order valence-electron chi connectivity index (χ3n) is 5.39. The predicted molar refractivity (Wildman–Crippen MR) is 129 cm³/mol. The topological polar surface area (TPSA) is 78.7 Å². The van der Waals surface area contributed by atoms with Crippen molar-refractivity contribution in [2.75, 3.05) is 23.9 Å². The Balaban J connectivity index is 1.32. The molecule has 3 amide bonds. The van der Waals surface area contributed by atoms with Gasteiger partial charge in [0.2, 0.25) is 5.91 Å². The lowest BCUT2D eigenvalue weighted by Crippen LogP contribution is -2.52. The van der Waals surface area contributed by atoms with E-state index in [2.05, 4.69) is 58.9 Å². The summed E-state index contributed by atoms with van der Waals surface area (Å²) in [5.41, 5.74) is 11.1. The van der Waals surface area contributed by atoms with Crippen molar-refractivity contribution in [3.8, 4) is 0 Å². The van der Waals surface area contributed by atoms with E-state index in [4.69, 9.17) is 5.73 Å². The van der Waals surface area contributed by atoms with Crippen LogP contribution in [0, 0.1) is 0 Å². The van der Waals surface area contributed by atoms with E-state index in [-0.39, 0.29) is 17.7 Å². The maximum absolute atomic E-state index is 12.4. The number of primary amides is 1. The van der Waals surface area contributed by atoms with Gasteiger partial charge in [0.05, 0.1) is 17.5 Å². The third kappa shape index (κ3) is 5.30. The van der Waals surface area contributed by atoms with Gasteiger partial charge in [-0.3, -0.25) is 15.1 Å². The lowest BCUT2D eigenvalue weighted by atomic mass is 9.94. The number of amides is 3. The predicted octanol–water partition coefficient (Wildman–Crippen LogP) is 3.81. The Morgan fingerprint density at radius 1 is 0.906 bits per heavy atom. The summed E-state index contributed by atoms with van der Waals surface area (Å²) in [4.78, 5) is 26.6. The molecule has 0 aliphatic carbocycles. The van der Waals surface area contributed by atoms with Crippen molar-refractivity contribution in [3.63, 3.8) is 0 Å². The van der Waals surface area contributed by atoms with E-state index in [1.165, 1.54) is 11.1 Å². The molecule has 0 bridgehead atoms. The molecule has 1 aliphatic rings. The van der Waals surface area contributed by atoms with Crippen LogP contribution in [0.4, 0.5) is 10.5 Å². The Morgan fingerprint density at radius 3 is 1.91 bits per heavy atom. The van der Waals surface area contributed by atoms with Crippen molar-refractivity contribution >= 4 is 29.4 Å². The number of para-hydroxylation sites is 1. The summed E-state index contributed by atoms with van der Waals surface area (Å²) >= 11 is 1.60. The number of anilines is 1. The van der Waals surface area contributed by atoms with Crippen molar-refractivity contribution in [1.82, 2.24) is 10.3 Å². The van der Waals surface area contributed by atoms with Gasteiger partial charge in [-0.2, -0.15) is 0 Å².